The van der Waals surface area contributed by atoms with Crippen molar-refractivity contribution in [3.8, 4) is 11.8 Å². The highest BCUT2D eigenvalue weighted by Crippen LogP contribution is 2.15. The van der Waals surface area contributed by atoms with Crippen LogP contribution in [0.5, 0.6) is 5.75 Å². The molecular weight excluding hydrogens is 299 g/mol. The lowest BCUT2D eigenvalue weighted by molar-refractivity contribution is -0.612. The van der Waals surface area contributed by atoms with E-state index in [1.54, 1.807) is 36.4 Å². The molecule has 0 amide bonds. The van der Waals surface area contributed by atoms with Crippen molar-refractivity contribution in [2.45, 2.75) is 6.42 Å². The number of nitriles is 1. The number of aromatic nitrogens is 1. The Morgan fingerprint density at radius 2 is 2.10 bits per heavy atom. The van der Waals surface area contributed by atoms with Gasteiger partial charge in [0.25, 0.3) is 0 Å². The number of para-hydroxylation sites is 1. The van der Waals surface area contributed by atoms with Crippen molar-refractivity contribution in [3.05, 3.63) is 63.8 Å². The predicted octanol–water partition coefficient (Wildman–Crippen LogP) is 2.13. The van der Waals surface area contributed by atoms with E-state index in [4.69, 9.17) is 21.6 Å². The number of benzene rings is 1. The number of ether oxygens (including phenoxy) is 1. The van der Waals surface area contributed by atoms with Crippen LogP contribution in [0.2, 0.25) is 5.15 Å². The number of carbonyl (C=O) groups excluding carboxylic acids is 1. The molecule has 1 heterocycles. The van der Waals surface area contributed by atoms with E-state index in [9.17, 15) is 14.4 Å². The second kappa shape index (κ2) is 6.20. The zero-order chi connectivity index (χ0) is 15.4. The first-order valence-corrected chi connectivity index (χ1v) is 6.17. The van der Waals surface area contributed by atoms with Crippen molar-refractivity contribution < 1.29 is 18.7 Å². The van der Waals surface area contributed by atoms with Crippen LogP contribution in [-0.4, -0.2) is 5.97 Å². The van der Waals surface area contributed by atoms with E-state index >= 15 is 0 Å². The number of hydrogen-bond donors (Lipinski definition) is 0. The maximum atomic E-state index is 13.3. The summed E-state index contributed by atoms with van der Waals surface area (Å²) in [6.45, 7) is 0. The third-order valence-corrected chi connectivity index (χ3v) is 2.94. The summed E-state index contributed by atoms with van der Waals surface area (Å²) in [5, 5.41) is 19.9. The van der Waals surface area contributed by atoms with Crippen LogP contribution in [0.3, 0.4) is 0 Å². The molecule has 2 rings (SSSR count). The second-order valence-corrected chi connectivity index (χ2v) is 4.37. The van der Waals surface area contributed by atoms with Gasteiger partial charge in [-0.1, -0.05) is 18.2 Å². The summed E-state index contributed by atoms with van der Waals surface area (Å²) < 4.78 is 18.3. The third-order valence-electron chi connectivity index (χ3n) is 2.61. The van der Waals surface area contributed by atoms with Crippen molar-refractivity contribution in [3.63, 3.8) is 0 Å². The fourth-order valence-electron chi connectivity index (χ4n) is 1.65. The second-order valence-electron chi connectivity index (χ2n) is 4.01. The van der Waals surface area contributed by atoms with Crippen LogP contribution in [-0.2, 0) is 11.2 Å². The van der Waals surface area contributed by atoms with Crippen molar-refractivity contribution in [1.29, 1.82) is 5.26 Å². The van der Waals surface area contributed by atoms with Gasteiger partial charge >= 0.3 is 11.1 Å². The summed E-state index contributed by atoms with van der Waals surface area (Å²) in [6.07, 6.45) is -0.499. The molecule has 0 saturated carbocycles. The van der Waals surface area contributed by atoms with Gasteiger partial charge in [-0.05, 0) is 23.7 Å². The van der Waals surface area contributed by atoms with E-state index in [1.807, 2.05) is 0 Å². The first-order chi connectivity index (χ1) is 10.0. The average molecular weight is 307 g/mol. The van der Waals surface area contributed by atoms with Crippen molar-refractivity contribution in [2.75, 3.05) is 0 Å². The van der Waals surface area contributed by atoms with E-state index in [2.05, 4.69) is 0 Å². The van der Waals surface area contributed by atoms with E-state index in [0.29, 0.717) is 5.75 Å². The van der Waals surface area contributed by atoms with Crippen molar-refractivity contribution >= 4 is 17.6 Å². The van der Waals surface area contributed by atoms with Gasteiger partial charge in [-0.2, -0.15) is 14.4 Å². The quantitative estimate of drug-likeness (QED) is 0.286. The average Bonchev–Trinajstić information content (AvgIpc) is 2.48. The molecule has 0 unspecified atom stereocenters. The summed E-state index contributed by atoms with van der Waals surface area (Å²) in [6, 6.07) is 10.7. The van der Waals surface area contributed by atoms with Crippen LogP contribution >= 0.6 is 11.6 Å². The lowest BCUT2D eigenvalue weighted by atomic mass is 10.1. The van der Waals surface area contributed by atoms with E-state index in [0.717, 1.165) is 6.07 Å². The van der Waals surface area contributed by atoms with Crippen LogP contribution in [0.25, 0.3) is 0 Å². The molecule has 1 aromatic carbocycles. The molecule has 0 spiro atoms. The van der Waals surface area contributed by atoms with Gasteiger partial charge in [-0.25, -0.2) is 0 Å². The number of carbonyl (C=O) groups is 1. The number of nitrogens with zero attached hydrogens (tertiary/aromatic N) is 2. The van der Waals surface area contributed by atoms with Gasteiger partial charge in [0.15, 0.2) is 0 Å². The molecule has 0 aliphatic heterocycles. The molecule has 5 nitrogen and oxygen atoms in total. The minimum Gasteiger partial charge on any atom is -0.617 e. The fourth-order valence-corrected chi connectivity index (χ4v) is 1.81. The van der Waals surface area contributed by atoms with E-state index in [-0.39, 0.29) is 16.0 Å². The van der Waals surface area contributed by atoms with Gasteiger partial charge in [0.2, 0.25) is 11.5 Å². The molecule has 0 aliphatic carbocycles. The maximum Gasteiger partial charge on any atom is 0.322 e. The molecule has 0 aliphatic rings. The van der Waals surface area contributed by atoms with Crippen LogP contribution in [0.4, 0.5) is 4.39 Å². The smallest absolute Gasteiger partial charge is 0.322 e. The monoisotopic (exact) mass is 306 g/mol. The third kappa shape index (κ3) is 3.27. The minimum atomic E-state index is -1.02. The minimum absolute atomic E-state index is 0.0156. The molecule has 2 aromatic rings. The Morgan fingerprint density at radius 3 is 2.71 bits per heavy atom. The highest BCUT2D eigenvalue weighted by molar-refractivity contribution is 6.28. The van der Waals surface area contributed by atoms with Crippen LogP contribution < -0.4 is 9.47 Å². The Bertz CT molecular complexity index is 729. The fraction of sp³-hybridized carbons (Fsp3) is 0.0714. The van der Waals surface area contributed by atoms with E-state index < -0.39 is 23.4 Å². The number of rotatable bonds is 3. The molecule has 0 fully saturated rings. The van der Waals surface area contributed by atoms with Crippen LogP contribution in [0.1, 0.15) is 11.3 Å². The SMILES string of the molecule is N#Cc1cc(F)c(Cl)[n+]([O-])c1CC(=O)Oc1ccccc1. The summed E-state index contributed by atoms with van der Waals surface area (Å²) in [5.41, 5.74) is -0.526. The Morgan fingerprint density at radius 1 is 1.43 bits per heavy atom. The van der Waals surface area contributed by atoms with Crippen molar-refractivity contribution in [2.24, 2.45) is 0 Å². The van der Waals surface area contributed by atoms with Gasteiger partial charge in [-0.3, -0.25) is 4.79 Å². The molecular formula is C14H8ClFN2O3. The Balaban J connectivity index is 2.26. The Hall–Kier alpha value is -2.65. The van der Waals surface area contributed by atoms with Gasteiger partial charge in [0.1, 0.15) is 23.8 Å². The van der Waals surface area contributed by atoms with Gasteiger partial charge in [-0.15, -0.1) is 0 Å². The zero-order valence-electron chi connectivity index (χ0n) is 10.5. The standard InChI is InChI=1S/C14H8ClFN2O3/c15-14-11(16)6-9(8-17)12(18(14)20)7-13(19)21-10-4-2-1-3-5-10/h1-6H,7H2. The molecule has 0 radical (unpaired) electrons. The molecule has 0 N–H and O–H groups in total. The molecule has 0 saturated heterocycles. The molecule has 7 heteroatoms. The van der Waals surface area contributed by atoms with Crippen LogP contribution in [0, 0.1) is 22.4 Å². The molecule has 0 atom stereocenters. The van der Waals surface area contributed by atoms with Crippen LogP contribution in [0.15, 0.2) is 36.4 Å². The van der Waals surface area contributed by atoms with E-state index in [1.165, 1.54) is 0 Å². The summed E-state index contributed by atoms with van der Waals surface area (Å²) in [7, 11) is 0. The summed E-state index contributed by atoms with van der Waals surface area (Å²) in [4.78, 5) is 11.8. The predicted molar refractivity (Wildman–Crippen MR) is 70.9 cm³/mol. The highest BCUT2D eigenvalue weighted by atomic mass is 35.5. The molecule has 0 bridgehead atoms. The number of halogens is 2. The highest BCUT2D eigenvalue weighted by Gasteiger charge is 2.24. The Labute approximate surface area is 124 Å². The number of esters is 1. The number of pyridine rings is 1. The first-order valence-electron chi connectivity index (χ1n) is 5.79. The molecule has 1 aromatic heterocycles. The lowest BCUT2D eigenvalue weighted by Crippen LogP contribution is -2.37. The summed E-state index contributed by atoms with van der Waals surface area (Å²) in [5.74, 6) is -1.49. The topological polar surface area (TPSA) is 77.0 Å². The zero-order valence-corrected chi connectivity index (χ0v) is 11.3. The maximum absolute atomic E-state index is 13.3. The number of hydrogen-bond acceptors (Lipinski definition) is 4. The van der Waals surface area contributed by atoms with Gasteiger partial charge in [0, 0.05) is 6.07 Å². The summed E-state index contributed by atoms with van der Waals surface area (Å²) >= 11 is 5.47. The first kappa shape index (κ1) is 14.8. The van der Waals surface area contributed by atoms with Gasteiger partial charge in [0.05, 0.1) is 0 Å². The van der Waals surface area contributed by atoms with Gasteiger partial charge < -0.3 is 9.94 Å². The lowest BCUT2D eigenvalue weighted by Gasteiger charge is -2.08. The molecule has 21 heavy (non-hydrogen) atoms. The molecule has 106 valence electrons. The Kier molecular flexibility index (Phi) is 4.36. The van der Waals surface area contributed by atoms with Crippen molar-refractivity contribution in [1.82, 2.24) is 0 Å². The largest absolute Gasteiger partial charge is 0.617 e. The normalized spacial score (nSPS) is 9.95.